The number of Topliss-reactive ketones (excluding diaryl/α,β-unsaturated/α-hetero) is 1. The number of ketones is 1. The molecule has 0 aromatic heterocycles. The molecule has 1 amide bonds. The maximum absolute atomic E-state index is 13.6. The number of terminal acetylenes is 1. The molecule has 7 heteroatoms. The van der Waals surface area contributed by atoms with Gasteiger partial charge >= 0.3 is 0 Å². The minimum Gasteiger partial charge on any atom is -0.486 e. The molecule has 3 rings (SSSR count). The second-order valence-corrected chi connectivity index (χ2v) is 7.87. The molecule has 0 bridgehead atoms. The molecule has 0 spiro atoms. The van der Waals surface area contributed by atoms with Crippen molar-refractivity contribution in [2.75, 3.05) is 26.3 Å². The van der Waals surface area contributed by atoms with Crippen molar-refractivity contribution >= 4 is 11.7 Å². The molecule has 0 atom stereocenters. The summed E-state index contributed by atoms with van der Waals surface area (Å²) in [4.78, 5) is 24.4. The van der Waals surface area contributed by atoms with Crippen molar-refractivity contribution in [3.63, 3.8) is 0 Å². The second-order valence-electron chi connectivity index (χ2n) is 7.87. The summed E-state index contributed by atoms with van der Waals surface area (Å²) in [6.45, 7) is 2.82. The average Bonchev–Trinajstić information content (AvgIpc) is 2.80. The summed E-state index contributed by atoms with van der Waals surface area (Å²) in [5, 5.41) is 1.85. The van der Waals surface area contributed by atoms with E-state index in [0.29, 0.717) is 36.6 Å². The molecule has 1 heterocycles. The molecule has 1 saturated heterocycles. The molecule has 0 aliphatic carbocycles. The minimum atomic E-state index is -0.350. The smallest absolute Gasteiger partial charge is 0.272 e. The van der Waals surface area contributed by atoms with Gasteiger partial charge in [-0.3, -0.25) is 15.0 Å². The van der Waals surface area contributed by atoms with E-state index in [2.05, 4.69) is 11.3 Å². The van der Waals surface area contributed by atoms with E-state index in [1.807, 2.05) is 5.01 Å². The van der Waals surface area contributed by atoms with E-state index in [9.17, 15) is 14.0 Å². The fourth-order valence-electron chi connectivity index (χ4n) is 3.46. The first-order valence-corrected chi connectivity index (χ1v) is 10.6. The van der Waals surface area contributed by atoms with Crippen LogP contribution in [-0.4, -0.2) is 43.0 Å². The first-order chi connectivity index (χ1) is 15.4. The van der Waals surface area contributed by atoms with Gasteiger partial charge in [0.2, 0.25) is 0 Å². The Kier molecular flexibility index (Phi) is 8.23. The van der Waals surface area contributed by atoms with Crippen LogP contribution in [0.4, 0.5) is 4.39 Å². The van der Waals surface area contributed by atoms with E-state index < -0.39 is 0 Å². The van der Waals surface area contributed by atoms with Gasteiger partial charge in [-0.05, 0) is 61.6 Å². The van der Waals surface area contributed by atoms with E-state index in [0.717, 1.165) is 18.4 Å². The predicted molar refractivity (Wildman–Crippen MR) is 119 cm³/mol. The van der Waals surface area contributed by atoms with Gasteiger partial charge in [-0.2, -0.15) is 0 Å². The Bertz CT molecular complexity index is 976. The monoisotopic (exact) mass is 438 g/mol. The van der Waals surface area contributed by atoms with Crippen LogP contribution in [0.25, 0.3) is 0 Å². The van der Waals surface area contributed by atoms with Crippen molar-refractivity contribution in [2.24, 2.45) is 5.92 Å². The number of piperidine rings is 1. The van der Waals surface area contributed by atoms with E-state index in [1.54, 1.807) is 43.3 Å². The lowest BCUT2D eigenvalue weighted by Crippen LogP contribution is -2.48. The zero-order valence-corrected chi connectivity index (χ0v) is 18.1. The molecule has 0 unspecified atom stereocenters. The van der Waals surface area contributed by atoms with Gasteiger partial charge in [0.15, 0.2) is 12.4 Å². The summed E-state index contributed by atoms with van der Waals surface area (Å²) in [6, 6.07) is 11.5. The average molecular weight is 438 g/mol. The summed E-state index contributed by atoms with van der Waals surface area (Å²) >= 11 is 0. The van der Waals surface area contributed by atoms with Crippen molar-refractivity contribution in [1.29, 1.82) is 0 Å². The lowest BCUT2D eigenvalue weighted by Gasteiger charge is -2.31. The third-order valence-electron chi connectivity index (χ3n) is 5.35. The number of aryl methyl sites for hydroxylation is 1. The SMILES string of the molecule is C#Cc1ccc(OCC(=O)NN2CCC(CC(=O)COc3ccc(C)c(F)c3)CC2)cc1. The van der Waals surface area contributed by atoms with Gasteiger partial charge in [0, 0.05) is 31.1 Å². The van der Waals surface area contributed by atoms with Gasteiger partial charge in [0.05, 0.1) is 0 Å². The van der Waals surface area contributed by atoms with E-state index in [1.165, 1.54) is 6.07 Å². The summed E-state index contributed by atoms with van der Waals surface area (Å²) in [7, 11) is 0. The Morgan fingerprint density at radius 2 is 1.75 bits per heavy atom. The molecule has 1 aliphatic heterocycles. The number of hydrogen-bond donors (Lipinski definition) is 1. The highest BCUT2D eigenvalue weighted by atomic mass is 19.1. The molecule has 2 aromatic carbocycles. The maximum atomic E-state index is 13.6. The molecule has 0 saturated carbocycles. The van der Waals surface area contributed by atoms with Crippen molar-refractivity contribution in [1.82, 2.24) is 10.4 Å². The lowest BCUT2D eigenvalue weighted by molar-refractivity contribution is -0.129. The van der Waals surface area contributed by atoms with Crippen molar-refractivity contribution < 1.29 is 23.5 Å². The van der Waals surface area contributed by atoms with Crippen LogP contribution in [0.15, 0.2) is 42.5 Å². The zero-order valence-electron chi connectivity index (χ0n) is 18.1. The van der Waals surface area contributed by atoms with Crippen LogP contribution in [0.5, 0.6) is 11.5 Å². The van der Waals surface area contributed by atoms with Crippen LogP contribution in [0.3, 0.4) is 0 Å². The number of amides is 1. The molecule has 32 heavy (non-hydrogen) atoms. The predicted octanol–water partition coefficient (Wildman–Crippen LogP) is 3.28. The number of ether oxygens (including phenoxy) is 2. The third-order valence-corrected chi connectivity index (χ3v) is 5.35. The minimum absolute atomic E-state index is 0.0160. The molecule has 0 radical (unpaired) electrons. The second kappa shape index (κ2) is 11.3. The number of benzene rings is 2. The summed E-state index contributed by atoms with van der Waals surface area (Å²) in [5.74, 6) is 3.09. The first kappa shape index (κ1) is 23.3. The Hall–Kier alpha value is -3.37. The topological polar surface area (TPSA) is 67.9 Å². The first-order valence-electron chi connectivity index (χ1n) is 10.6. The van der Waals surface area contributed by atoms with Gasteiger partial charge in [0.1, 0.15) is 23.9 Å². The maximum Gasteiger partial charge on any atom is 0.272 e. The van der Waals surface area contributed by atoms with E-state index >= 15 is 0 Å². The number of hydrazine groups is 1. The molecular weight excluding hydrogens is 411 g/mol. The zero-order chi connectivity index (χ0) is 22.9. The molecule has 2 aromatic rings. The molecule has 168 valence electrons. The number of halogens is 1. The van der Waals surface area contributed by atoms with Crippen LogP contribution < -0.4 is 14.9 Å². The quantitative estimate of drug-likeness (QED) is 0.609. The Morgan fingerprint density at radius 1 is 1.09 bits per heavy atom. The van der Waals surface area contributed by atoms with Crippen molar-refractivity contribution in [2.45, 2.75) is 26.2 Å². The van der Waals surface area contributed by atoms with Crippen LogP contribution >= 0.6 is 0 Å². The molecule has 1 fully saturated rings. The van der Waals surface area contributed by atoms with E-state index in [4.69, 9.17) is 15.9 Å². The van der Waals surface area contributed by atoms with Crippen LogP contribution in [0.2, 0.25) is 0 Å². The highest BCUT2D eigenvalue weighted by Gasteiger charge is 2.23. The molecule has 6 nitrogen and oxygen atoms in total. The van der Waals surface area contributed by atoms with Crippen LogP contribution in [0.1, 0.15) is 30.4 Å². The fraction of sp³-hybridized carbons (Fsp3) is 0.360. The summed E-state index contributed by atoms with van der Waals surface area (Å²) in [5.41, 5.74) is 4.12. The van der Waals surface area contributed by atoms with Gasteiger partial charge in [-0.25, -0.2) is 9.40 Å². The van der Waals surface area contributed by atoms with Gasteiger partial charge in [-0.1, -0.05) is 12.0 Å². The number of hydrogen-bond acceptors (Lipinski definition) is 5. The van der Waals surface area contributed by atoms with E-state index in [-0.39, 0.29) is 36.6 Å². The fourth-order valence-corrected chi connectivity index (χ4v) is 3.46. The Morgan fingerprint density at radius 3 is 2.41 bits per heavy atom. The highest BCUT2D eigenvalue weighted by Crippen LogP contribution is 2.21. The van der Waals surface area contributed by atoms with Crippen LogP contribution in [0, 0.1) is 31.0 Å². The van der Waals surface area contributed by atoms with Crippen molar-refractivity contribution in [3.8, 4) is 23.8 Å². The van der Waals surface area contributed by atoms with Crippen molar-refractivity contribution in [3.05, 3.63) is 59.4 Å². The standard InChI is InChI=1S/C25H27FN2O4/c1-3-19-5-8-22(9-6-19)32-17-25(30)27-28-12-10-20(11-13-28)14-21(29)16-31-23-7-4-18(2)24(26)15-23/h1,4-9,15,20H,10-14,16-17H2,2H3,(H,27,30). The summed E-state index contributed by atoms with van der Waals surface area (Å²) in [6.07, 6.45) is 7.31. The number of carbonyl (C=O) groups excluding carboxylic acids is 2. The van der Waals surface area contributed by atoms with Gasteiger partial charge < -0.3 is 9.47 Å². The normalized spacial score (nSPS) is 14.4. The molecule has 1 aliphatic rings. The Balaban J connectivity index is 1.32. The van der Waals surface area contributed by atoms with Gasteiger partial charge in [0.25, 0.3) is 5.91 Å². The molecule has 1 N–H and O–H groups in total. The lowest BCUT2D eigenvalue weighted by atomic mass is 9.92. The third kappa shape index (κ3) is 7.10. The Labute approximate surface area is 187 Å². The van der Waals surface area contributed by atoms with Crippen LogP contribution in [-0.2, 0) is 9.59 Å². The number of rotatable bonds is 9. The van der Waals surface area contributed by atoms with Gasteiger partial charge in [-0.15, -0.1) is 6.42 Å². The summed E-state index contributed by atoms with van der Waals surface area (Å²) < 4.78 is 24.4. The number of carbonyl (C=O) groups is 2. The molecular formula is C25H27FN2O4. The number of nitrogens with one attached hydrogen (secondary N) is 1. The number of nitrogens with zero attached hydrogens (tertiary/aromatic N) is 1. The largest absolute Gasteiger partial charge is 0.486 e. The highest BCUT2D eigenvalue weighted by molar-refractivity contribution is 5.80.